The van der Waals surface area contributed by atoms with Gasteiger partial charge in [0.1, 0.15) is 5.82 Å². The fraction of sp³-hybridized carbons (Fsp3) is 0.600. The minimum atomic E-state index is -0.197. The van der Waals surface area contributed by atoms with Gasteiger partial charge in [-0.25, -0.2) is 4.39 Å². The van der Waals surface area contributed by atoms with Gasteiger partial charge in [0.15, 0.2) is 0 Å². The Morgan fingerprint density at radius 1 is 1.33 bits per heavy atom. The van der Waals surface area contributed by atoms with E-state index in [1.54, 1.807) is 12.1 Å². The molecule has 0 saturated heterocycles. The standard InChI is InChI=1S/C15H23ClFN/c1-4-9-18-11-15(3,5-2)10-12-13(16)7-6-8-14(12)17/h6-8,18H,4-5,9-11H2,1-3H3. The van der Waals surface area contributed by atoms with Crippen molar-refractivity contribution in [1.82, 2.24) is 5.32 Å². The van der Waals surface area contributed by atoms with Crippen LogP contribution >= 0.6 is 11.6 Å². The van der Waals surface area contributed by atoms with Crippen LogP contribution in [0.1, 0.15) is 39.2 Å². The van der Waals surface area contributed by atoms with Crippen LogP contribution in [0.4, 0.5) is 4.39 Å². The fourth-order valence-electron chi connectivity index (χ4n) is 2.01. The summed E-state index contributed by atoms with van der Waals surface area (Å²) in [4.78, 5) is 0. The molecule has 1 aromatic rings. The number of hydrogen-bond acceptors (Lipinski definition) is 1. The second-order valence-corrected chi connectivity index (χ2v) is 5.63. The lowest BCUT2D eigenvalue weighted by Crippen LogP contribution is -2.34. The smallest absolute Gasteiger partial charge is 0.127 e. The summed E-state index contributed by atoms with van der Waals surface area (Å²) in [5.41, 5.74) is 0.683. The molecule has 1 unspecified atom stereocenters. The summed E-state index contributed by atoms with van der Waals surface area (Å²) in [6.45, 7) is 8.35. The Bertz CT molecular complexity index is 361. The molecule has 0 amide bonds. The first kappa shape index (κ1) is 15.5. The van der Waals surface area contributed by atoms with Crippen molar-refractivity contribution in [2.75, 3.05) is 13.1 Å². The zero-order valence-electron chi connectivity index (χ0n) is 11.5. The van der Waals surface area contributed by atoms with E-state index >= 15 is 0 Å². The average Bonchev–Trinajstić information content (AvgIpc) is 2.35. The molecule has 0 spiro atoms. The van der Waals surface area contributed by atoms with Gasteiger partial charge in [-0.3, -0.25) is 0 Å². The Kier molecular flexibility index (Phi) is 6.10. The molecule has 1 nitrogen and oxygen atoms in total. The van der Waals surface area contributed by atoms with E-state index in [1.165, 1.54) is 6.07 Å². The van der Waals surface area contributed by atoms with Crippen LogP contribution < -0.4 is 5.32 Å². The van der Waals surface area contributed by atoms with Gasteiger partial charge in [-0.2, -0.15) is 0 Å². The quantitative estimate of drug-likeness (QED) is 0.723. The molecule has 102 valence electrons. The lowest BCUT2D eigenvalue weighted by molar-refractivity contribution is 0.287. The van der Waals surface area contributed by atoms with Gasteiger partial charge in [0.2, 0.25) is 0 Å². The summed E-state index contributed by atoms with van der Waals surface area (Å²) < 4.78 is 13.8. The summed E-state index contributed by atoms with van der Waals surface area (Å²) in [7, 11) is 0. The molecular weight excluding hydrogens is 249 g/mol. The van der Waals surface area contributed by atoms with Crippen LogP contribution in [0.15, 0.2) is 18.2 Å². The van der Waals surface area contributed by atoms with E-state index in [9.17, 15) is 4.39 Å². The third-order valence-corrected chi connectivity index (χ3v) is 3.85. The highest BCUT2D eigenvalue weighted by Crippen LogP contribution is 2.30. The highest BCUT2D eigenvalue weighted by atomic mass is 35.5. The van der Waals surface area contributed by atoms with Crippen LogP contribution in [-0.2, 0) is 6.42 Å². The third-order valence-electron chi connectivity index (χ3n) is 3.50. The number of hydrogen-bond donors (Lipinski definition) is 1. The highest BCUT2D eigenvalue weighted by Gasteiger charge is 2.24. The second-order valence-electron chi connectivity index (χ2n) is 5.22. The number of benzene rings is 1. The maximum Gasteiger partial charge on any atom is 0.127 e. The molecule has 0 bridgehead atoms. The normalized spacial score (nSPS) is 14.5. The molecule has 0 radical (unpaired) electrons. The van der Waals surface area contributed by atoms with Gasteiger partial charge in [0.05, 0.1) is 0 Å². The van der Waals surface area contributed by atoms with Gasteiger partial charge in [-0.15, -0.1) is 0 Å². The minimum Gasteiger partial charge on any atom is -0.316 e. The SMILES string of the molecule is CCCNCC(C)(CC)Cc1c(F)cccc1Cl. The molecule has 0 fully saturated rings. The molecule has 18 heavy (non-hydrogen) atoms. The van der Waals surface area contributed by atoms with Crippen LogP contribution in [-0.4, -0.2) is 13.1 Å². The summed E-state index contributed by atoms with van der Waals surface area (Å²) in [5.74, 6) is -0.197. The molecule has 0 aromatic heterocycles. The first-order valence-electron chi connectivity index (χ1n) is 6.66. The van der Waals surface area contributed by atoms with Crippen molar-refractivity contribution in [3.63, 3.8) is 0 Å². The molecular formula is C15H23ClFN. The molecule has 0 aliphatic rings. The highest BCUT2D eigenvalue weighted by molar-refractivity contribution is 6.31. The van der Waals surface area contributed by atoms with E-state index in [1.807, 2.05) is 0 Å². The van der Waals surface area contributed by atoms with Gasteiger partial charge in [0, 0.05) is 17.1 Å². The fourth-order valence-corrected chi connectivity index (χ4v) is 2.24. The van der Waals surface area contributed by atoms with Gasteiger partial charge in [0.25, 0.3) is 0 Å². The molecule has 0 aliphatic carbocycles. The minimum absolute atomic E-state index is 0.0427. The Hall–Kier alpha value is -0.600. The van der Waals surface area contributed by atoms with E-state index in [0.29, 0.717) is 17.0 Å². The summed E-state index contributed by atoms with van der Waals surface area (Å²) >= 11 is 6.09. The van der Waals surface area contributed by atoms with E-state index in [2.05, 4.69) is 26.1 Å². The van der Waals surface area contributed by atoms with Crippen molar-refractivity contribution < 1.29 is 4.39 Å². The van der Waals surface area contributed by atoms with Crippen molar-refractivity contribution in [3.8, 4) is 0 Å². The number of nitrogens with one attached hydrogen (secondary N) is 1. The topological polar surface area (TPSA) is 12.0 Å². The molecule has 0 heterocycles. The number of halogens is 2. The first-order chi connectivity index (χ1) is 8.52. The van der Waals surface area contributed by atoms with Crippen LogP contribution in [0.3, 0.4) is 0 Å². The van der Waals surface area contributed by atoms with E-state index in [4.69, 9.17) is 11.6 Å². The zero-order chi connectivity index (χ0) is 13.6. The van der Waals surface area contributed by atoms with Crippen molar-refractivity contribution in [2.24, 2.45) is 5.41 Å². The van der Waals surface area contributed by atoms with Gasteiger partial charge in [-0.1, -0.05) is 38.4 Å². The molecule has 3 heteroatoms. The van der Waals surface area contributed by atoms with Gasteiger partial charge < -0.3 is 5.32 Å². The largest absolute Gasteiger partial charge is 0.316 e. The van der Waals surface area contributed by atoms with Gasteiger partial charge in [-0.05, 0) is 43.4 Å². The zero-order valence-corrected chi connectivity index (χ0v) is 12.3. The second kappa shape index (κ2) is 7.10. The van der Waals surface area contributed by atoms with E-state index in [-0.39, 0.29) is 11.2 Å². The molecule has 1 aromatic carbocycles. The lowest BCUT2D eigenvalue weighted by atomic mass is 9.81. The summed E-state index contributed by atoms with van der Waals surface area (Å²) in [6, 6.07) is 4.89. The Labute approximate surface area is 115 Å². The Morgan fingerprint density at radius 3 is 2.61 bits per heavy atom. The monoisotopic (exact) mass is 271 g/mol. The predicted octanol–water partition coefficient (Wildman–Crippen LogP) is 4.44. The lowest BCUT2D eigenvalue weighted by Gasteiger charge is -2.29. The van der Waals surface area contributed by atoms with Crippen molar-refractivity contribution in [2.45, 2.75) is 40.0 Å². The van der Waals surface area contributed by atoms with Crippen LogP contribution in [0.2, 0.25) is 5.02 Å². The number of rotatable bonds is 7. The van der Waals surface area contributed by atoms with Crippen LogP contribution in [0, 0.1) is 11.2 Å². The summed E-state index contributed by atoms with van der Waals surface area (Å²) in [6.07, 6.45) is 2.78. The van der Waals surface area contributed by atoms with Crippen LogP contribution in [0.25, 0.3) is 0 Å². The maximum atomic E-state index is 13.8. The van der Waals surface area contributed by atoms with E-state index < -0.39 is 0 Å². The van der Waals surface area contributed by atoms with Crippen molar-refractivity contribution in [1.29, 1.82) is 0 Å². The summed E-state index contributed by atoms with van der Waals surface area (Å²) in [5, 5.41) is 3.95. The molecule has 0 saturated carbocycles. The maximum absolute atomic E-state index is 13.8. The first-order valence-corrected chi connectivity index (χ1v) is 7.04. The van der Waals surface area contributed by atoms with Crippen LogP contribution in [0.5, 0.6) is 0 Å². The molecule has 1 rings (SSSR count). The molecule has 1 atom stereocenters. The Balaban J connectivity index is 2.78. The van der Waals surface area contributed by atoms with Crippen molar-refractivity contribution in [3.05, 3.63) is 34.6 Å². The predicted molar refractivity (Wildman–Crippen MR) is 76.7 cm³/mol. The van der Waals surface area contributed by atoms with Gasteiger partial charge >= 0.3 is 0 Å². The average molecular weight is 272 g/mol. The Morgan fingerprint density at radius 2 is 2.06 bits per heavy atom. The van der Waals surface area contributed by atoms with E-state index in [0.717, 1.165) is 25.9 Å². The van der Waals surface area contributed by atoms with Crippen molar-refractivity contribution >= 4 is 11.6 Å². The molecule has 0 aliphatic heterocycles. The molecule has 1 N–H and O–H groups in total. The third kappa shape index (κ3) is 4.25.